The Balaban J connectivity index is 1.77. The molecule has 0 aliphatic carbocycles. The first-order valence-electron chi connectivity index (χ1n) is 7.86. The van der Waals surface area contributed by atoms with E-state index in [1.54, 1.807) is 25.2 Å². The second kappa shape index (κ2) is 6.35. The summed E-state index contributed by atoms with van der Waals surface area (Å²) in [6, 6.07) is 1.64. The van der Waals surface area contributed by atoms with Crippen molar-refractivity contribution in [2.24, 2.45) is 5.41 Å². The van der Waals surface area contributed by atoms with Gasteiger partial charge in [0.05, 0.1) is 10.8 Å². The largest absolute Gasteiger partial charge is 0.481 e. The number of rotatable bonds is 5. The Morgan fingerprint density at radius 2 is 2.25 bits per heavy atom. The third kappa shape index (κ3) is 3.06. The fraction of sp³-hybridized carbons (Fsp3) is 0.500. The van der Waals surface area contributed by atoms with Crippen LogP contribution in [0.25, 0.3) is 10.2 Å². The molecule has 1 fully saturated rings. The van der Waals surface area contributed by atoms with Gasteiger partial charge in [-0.1, -0.05) is 0 Å². The number of carboxylic acids is 1. The van der Waals surface area contributed by atoms with E-state index < -0.39 is 11.4 Å². The van der Waals surface area contributed by atoms with E-state index in [1.165, 1.54) is 6.33 Å². The molecule has 128 valence electrons. The van der Waals surface area contributed by atoms with Crippen LogP contribution in [0.3, 0.4) is 0 Å². The van der Waals surface area contributed by atoms with Gasteiger partial charge in [-0.2, -0.15) is 0 Å². The molecule has 3 heterocycles. The zero-order valence-corrected chi connectivity index (χ0v) is 14.5. The molecule has 2 aromatic heterocycles. The highest BCUT2D eigenvalue weighted by atomic mass is 32.1. The Morgan fingerprint density at radius 1 is 1.46 bits per heavy atom. The number of hydrogen-bond acceptors (Lipinski definition) is 6. The van der Waals surface area contributed by atoms with Crippen LogP contribution in [0.4, 0.5) is 5.82 Å². The van der Waals surface area contributed by atoms with E-state index in [4.69, 9.17) is 5.11 Å². The van der Waals surface area contributed by atoms with Gasteiger partial charge in [0.2, 0.25) is 5.91 Å². The average Bonchev–Trinajstić information content (AvgIpc) is 3.20. The summed E-state index contributed by atoms with van der Waals surface area (Å²) in [6.07, 6.45) is 3.15. The summed E-state index contributed by atoms with van der Waals surface area (Å²) in [5.74, 6) is -0.304. The molecule has 7 nitrogen and oxygen atoms in total. The topological polar surface area (TPSA) is 95.4 Å². The highest BCUT2D eigenvalue weighted by Crippen LogP contribution is 2.31. The fourth-order valence-electron chi connectivity index (χ4n) is 2.80. The molecule has 1 unspecified atom stereocenters. The van der Waals surface area contributed by atoms with E-state index in [0.29, 0.717) is 0 Å². The van der Waals surface area contributed by atoms with Crippen LogP contribution in [0.5, 0.6) is 0 Å². The van der Waals surface area contributed by atoms with Crippen molar-refractivity contribution in [2.75, 3.05) is 18.0 Å². The maximum atomic E-state index is 12.6. The maximum absolute atomic E-state index is 12.6. The molecular formula is C16H20N4O3S. The molecule has 0 bridgehead atoms. The summed E-state index contributed by atoms with van der Waals surface area (Å²) in [6.45, 7) is 4.05. The number of carbonyl (C=O) groups excluding carboxylic acids is 1. The summed E-state index contributed by atoms with van der Waals surface area (Å²) < 4.78 is 0. The minimum absolute atomic E-state index is 0.100. The minimum Gasteiger partial charge on any atom is -0.481 e. The van der Waals surface area contributed by atoms with Gasteiger partial charge in [-0.15, -0.1) is 11.3 Å². The number of amides is 1. The lowest BCUT2D eigenvalue weighted by atomic mass is 9.94. The van der Waals surface area contributed by atoms with Crippen LogP contribution in [-0.2, 0) is 9.59 Å². The van der Waals surface area contributed by atoms with E-state index in [1.807, 2.05) is 16.3 Å². The number of carboxylic acid groups (broad SMARTS) is 1. The average molecular weight is 348 g/mol. The first-order valence-corrected chi connectivity index (χ1v) is 8.74. The molecule has 2 N–H and O–H groups in total. The monoisotopic (exact) mass is 348 g/mol. The molecule has 1 saturated heterocycles. The standard InChI is InChI=1S/C16H20N4O3S/c1-16(2,15(22)23)8-17-13(21)11-4-3-6-20(11)12-10-5-7-24-14(10)19-9-18-12/h5,7,9,11H,3-4,6,8H2,1-2H3,(H,17,21)(H,22,23). The molecule has 0 aromatic carbocycles. The number of thiophene rings is 1. The Labute approximate surface area is 143 Å². The van der Waals surface area contributed by atoms with Crippen molar-refractivity contribution >= 4 is 39.2 Å². The Morgan fingerprint density at radius 3 is 3.00 bits per heavy atom. The number of fused-ring (bicyclic) bond motifs is 1. The van der Waals surface area contributed by atoms with Crippen molar-refractivity contribution in [3.05, 3.63) is 17.8 Å². The number of anilines is 1. The summed E-state index contributed by atoms with van der Waals surface area (Å²) >= 11 is 1.54. The number of nitrogens with one attached hydrogen (secondary N) is 1. The number of aromatic nitrogens is 2. The molecule has 1 aliphatic rings. The second-order valence-corrected chi connectivity index (χ2v) is 7.49. The van der Waals surface area contributed by atoms with Crippen molar-refractivity contribution in [3.63, 3.8) is 0 Å². The predicted molar refractivity (Wildman–Crippen MR) is 92.2 cm³/mol. The molecule has 1 atom stereocenters. The highest BCUT2D eigenvalue weighted by Gasteiger charge is 2.34. The van der Waals surface area contributed by atoms with Gasteiger partial charge >= 0.3 is 5.97 Å². The van der Waals surface area contributed by atoms with Gasteiger partial charge in [-0.25, -0.2) is 9.97 Å². The molecule has 0 spiro atoms. The van der Waals surface area contributed by atoms with E-state index in [-0.39, 0.29) is 18.5 Å². The van der Waals surface area contributed by atoms with Crippen LogP contribution >= 0.6 is 11.3 Å². The van der Waals surface area contributed by atoms with Gasteiger partial charge in [0, 0.05) is 13.1 Å². The van der Waals surface area contributed by atoms with Crippen LogP contribution in [0.2, 0.25) is 0 Å². The van der Waals surface area contributed by atoms with Crippen molar-refractivity contribution in [1.29, 1.82) is 0 Å². The Hall–Kier alpha value is -2.22. The summed E-state index contributed by atoms with van der Waals surface area (Å²) in [4.78, 5) is 35.3. The van der Waals surface area contributed by atoms with Crippen molar-refractivity contribution in [1.82, 2.24) is 15.3 Å². The normalized spacial score (nSPS) is 18.1. The van der Waals surface area contributed by atoms with Gasteiger partial charge in [0.1, 0.15) is 23.0 Å². The lowest BCUT2D eigenvalue weighted by Crippen LogP contribution is -2.47. The van der Waals surface area contributed by atoms with E-state index in [2.05, 4.69) is 15.3 Å². The molecule has 24 heavy (non-hydrogen) atoms. The Bertz CT molecular complexity index is 774. The van der Waals surface area contributed by atoms with Crippen molar-refractivity contribution in [3.8, 4) is 0 Å². The SMILES string of the molecule is CC(C)(CNC(=O)C1CCCN1c1ncnc2sccc12)C(=O)O. The van der Waals surface area contributed by atoms with E-state index in [9.17, 15) is 9.59 Å². The number of carbonyl (C=O) groups is 2. The van der Waals surface area contributed by atoms with Gasteiger partial charge in [0.15, 0.2) is 0 Å². The molecule has 0 radical (unpaired) electrons. The smallest absolute Gasteiger partial charge is 0.310 e. The molecule has 8 heteroatoms. The van der Waals surface area contributed by atoms with Crippen LogP contribution in [0.15, 0.2) is 17.8 Å². The van der Waals surface area contributed by atoms with Crippen LogP contribution in [-0.4, -0.2) is 46.1 Å². The van der Waals surface area contributed by atoms with Crippen LogP contribution in [0.1, 0.15) is 26.7 Å². The third-order valence-electron chi connectivity index (χ3n) is 4.35. The Kier molecular flexibility index (Phi) is 4.40. The third-order valence-corrected chi connectivity index (χ3v) is 5.17. The lowest BCUT2D eigenvalue weighted by Gasteiger charge is -2.27. The number of aliphatic carboxylic acids is 1. The molecule has 2 aromatic rings. The number of hydrogen-bond donors (Lipinski definition) is 2. The predicted octanol–water partition coefficient (Wildman–Crippen LogP) is 1.89. The van der Waals surface area contributed by atoms with E-state index in [0.717, 1.165) is 35.4 Å². The fourth-order valence-corrected chi connectivity index (χ4v) is 3.53. The van der Waals surface area contributed by atoms with Gasteiger partial charge < -0.3 is 15.3 Å². The zero-order valence-electron chi connectivity index (χ0n) is 13.7. The molecule has 1 amide bonds. The van der Waals surface area contributed by atoms with Gasteiger partial charge in [0.25, 0.3) is 0 Å². The summed E-state index contributed by atoms with van der Waals surface area (Å²) in [5, 5.41) is 14.9. The van der Waals surface area contributed by atoms with Crippen LogP contribution in [0, 0.1) is 5.41 Å². The van der Waals surface area contributed by atoms with Crippen LogP contribution < -0.4 is 10.2 Å². The quantitative estimate of drug-likeness (QED) is 0.857. The molecule has 1 aliphatic heterocycles. The van der Waals surface area contributed by atoms with Crippen molar-refractivity contribution < 1.29 is 14.7 Å². The summed E-state index contributed by atoms with van der Waals surface area (Å²) in [5.41, 5.74) is -0.991. The zero-order chi connectivity index (χ0) is 17.3. The first kappa shape index (κ1) is 16.6. The number of nitrogens with zero attached hydrogens (tertiary/aromatic N) is 3. The van der Waals surface area contributed by atoms with Gasteiger partial charge in [-0.05, 0) is 38.1 Å². The van der Waals surface area contributed by atoms with Gasteiger partial charge in [-0.3, -0.25) is 9.59 Å². The molecule has 3 rings (SSSR count). The molecular weight excluding hydrogens is 328 g/mol. The molecule has 0 saturated carbocycles. The lowest BCUT2D eigenvalue weighted by molar-refractivity contribution is -0.146. The maximum Gasteiger partial charge on any atom is 0.310 e. The highest BCUT2D eigenvalue weighted by molar-refractivity contribution is 7.16. The summed E-state index contributed by atoms with van der Waals surface area (Å²) in [7, 11) is 0. The second-order valence-electron chi connectivity index (χ2n) is 6.59. The first-order chi connectivity index (χ1) is 11.4. The minimum atomic E-state index is -0.991. The van der Waals surface area contributed by atoms with E-state index >= 15 is 0 Å². The van der Waals surface area contributed by atoms with Crippen molar-refractivity contribution in [2.45, 2.75) is 32.7 Å².